The van der Waals surface area contributed by atoms with E-state index in [-0.39, 0.29) is 10.7 Å². The summed E-state index contributed by atoms with van der Waals surface area (Å²) in [5.74, 6) is -1.64. The van der Waals surface area contributed by atoms with Crippen LogP contribution in [0.25, 0.3) is 0 Å². The Morgan fingerprint density at radius 3 is 2.57 bits per heavy atom. The van der Waals surface area contributed by atoms with Gasteiger partial charge in [0, 0.05) is 16.4 Å². The first-order chi connectivity index (χ1) is 9.99. The third-order valence-corrected chi connectivity index (χ3v) is 3.38. The second kappa shape index (κ2) is 6.69. The summed E-state index contributed by atoms with van der Waals surface area (Å²) in [6, 6.07) is 10.0. The number of aliphatic carboxylic acids is 1. The van der Waals surface area contributed by atoms with Crippen molar-refractivity contribution in [2.75, 3.05) is 11.4 Å². The predicted molar refractivity (Wildman–Crippen MR) is 82.7 cm³/mol. The highest BCUT2D eigenvalue weighted by atomic mass is 79.9. The molecule has 1 amide bonds. The van der Waals surface area contributed by atoms with Gasteiger partial charge < -0.3 is 5.11 Å². The molecule has 0 aliphatic carbocycles. The number of amides is 1. The second-order valence-corrected chi connectivity index (χ2v) is 5.39. The third kappa shape index (κ3) is 3.80. The molecule has 1 heterocycles. The topological polar surface area (TPSA) is 70.5 Å². The molecule has 0 fully saturated rings. The van der Waals surface area contributed by atoms with Crippen molar-refractivity contribution in [1.29, 1.82) is 0 Å². The molecular formula is C14H10BrClN2O3. The van der Waals surface area contributed by atoms with Crippen LogP contribution in [0.5, 0.6) is 0 Å². The first kappa shape index (κ1) is 15.5. The lowest BCUT2D eigenvalue weighted by atomic mass is 10.2. The Balaban J connectivity index is 2.43. The predicted octanol–water partition coefficient (Wildman–Crippen LogP) is 3.23. The number of benzene rings is 1. The smallest absolute Gasteiger partial charge is 0.323 e. The SMILES string of the molecule is O=C(O)CN(C(=O)c1cc(Br)cnc1Cl)c1ccccc1. The van der Waals surface area contributed by atoms with Crippen molar-refractivity contribution in [3.63, 3.8) is 0 Å². The second-order valence-electron chi connectivity index (χ2n) is 4.11. The number of anilines is 1. The van der Waals surface area contributed by atoms with E-state index in [2.05, 4.69) is 20.9 Å². The number of para-hydroxylation sites is 1. The van der Waals surface area contributed by atoms with E-state index >= 15 is 0 Å². The Labute approximate surface area is 134 Å². The quantitative estimate of drug-likeness (QED) is 0.840. The van der Waals surface area contributed by atoms with Gasteiger partial charge in [0.15, 0.2) is 0 Å². The molecule has 0 spiro atoms. The zero-order valence-electron chi connectivity index (χ0n) is 10.7. The van der Waals surface area contributed by atoms with Gasteiger partial charge in [-0.2, -0.15) is 0 Å². The Bertz CT molecular complexity index is 679. The third-order valence-electron chi connectivity index (χ3n) is 2.64. The largest absolute Gasteiger partial charge is 0.480 e. The molecule has 2 aromatic rings. The van der Waals surface area contributed by atoms with Crippen LogP contribution >= 0.6 is 27.5 Å². The fourth-order valence-corrected chi connectivity index (χ4v) is 2.26. The first-order valence-corrected chi connectivity index (χ1v) is 7.06. The van der Waals surface area contributed by atoms with Crippen LogP contribution in [-0.4, -0.2) is 28.5 Å². The normalized spacial score (nSPS) is 10.2. The molecule has 7 heteroatoms. The zero-order chi connectivity index (χ0) is 15.4. The summed E-state index contributed by atoms with van der Waals surface area (Å²) in [7, 11) is 0. The summed E-state index contributed by atoms with van der Waals surface area (Å²) < 4.78 is 0.582. The molecule has 1 N–H and O–H groups in total. The van der Waals surface area contributed by atoms with E-state index in [1.165, 1.54) is 12.3 Å². The van der Waals surface area contributed by atoms with E-state index < -0.39 is 18.4 Å². The molecule has 5 nitrogen and oxygen atoms in total. The van der Waals surface area contributed by atoms with Gasteiger partial charge in [-0.3, -0.25) is 14.5 Å². The van der Waals surface area contributed by atoms with Crippen molar-refractivity contribution >= 4 is 45.1 Å². The van der Waals surface area contributed by atoms with Crippen LogP contribution in [0, 0.1) is 0 Å². The van der Waals surface area contributed by atoms with Gasteiger partial charge in [-0.05, 0) is 34.1 Å². The van der Waals surface area contributed by atoms with Crippen molar-refractivity contribution in [2.24, 2.45) is 0 Å². The molecular weight excluding hydrogens is 360 g/mol. The molecule has 0 radical (unpaired) electrons. The van der Waals surface area contributed by atoms with Gasteiger partial charge in [0.1, 0.15) is 11.7 Å². The van der Waals surface area contributed by atoms with E-state index in [1.54, 1.807) is 30.3 Å². The standard InChI is InChI=1S/C14H10BrClN2O3/c15-9-6-11(13(16)17-7-9)14(21)18(8-12(19)20)10-4-2-1-3-5-10/h1-7H,8H2,(H,19,20). The summed E-state index contributed by atoms with van der Waals surface area (Å²) in [6.45, 7) is -0.467. The van der Waals surface area contributed by atoms with Crippen molar-refractivity contribution in [2.45, 2.75) is 0 Å². The van der Waals surface area contributed by atoms with E-state index in [1.807, 2.05) is 0 Å². The Kier molecular flexibility index (Phi) is 4.93. The monoisotopic (exact) mass is 368 g/mol. The number of carbonyl (C=O) groups excluding carboxylic acids is 1. The number of aromatic nitrogens is 1. The lowest BCUT2D eigenvalue weighted by Gasteiger charge is -2.21. The molecule has 21 heavy (non-hydrogen) atoms. The maximum Gasteiger partial charge on any atom is 0.323 e. The number of carbonyl (C=O) groups is 2. The highest BCUT2D eigenvalue weighted by molar-refractivity contribution is 9.10. The molecule has 0 aliphatic rings. The number of nitrogens with zero attached hydrogens (tertiary/aromatic N) is 2. The molecule has 0 aliphatic heterocycles. The molecule has 2 rings (SSSR count). The van der Waals surface area contributed by atoms with E-state index in [0.717, 1.165) is 4.90 Å². The van der Waals surface area contributed by atoms with Crippen molar-refractivity contribution in [1.82, 2.24) is 4.98 Å². The highest BCUT2D eigenvalue weighted by Crippen LogP contribution is 2.23. The maximum atomic E-state index is 12.6. The zero-order valence-corrected chi connectivity index (χ0v) is 13.0. The van der Waals surface area contributed by atoms with Crippen molar-refractivity contribution < 1.29 is 14.7 Å². The van der Waals surface area contributed by atoms with E-state index in [0.29, 0.717) is 10.2 Å². The molecule has 0 unspecified atom stereocenters. The number of pyridine rings is 1. The highest BCUT2D eigenvalue weighted by Gasteiger charge is 2.23. The number of hydrogen-bond donors (Lipinski definition) is 1. The first-order valence-electron chi connectivity index (χ1n) is 5.89. The molecule has 108 valence electrons. The summed E-state index contributed by atoms with van der Waals surface area (Å²) in [4.78, 5) is 28.6. The fraction of sp³-hybridized carbons (Fsp3) is 0.0714. The van der Waals surface area contributed by atoms with E-state index in [4.69, 9.17) is 16.7 Å². The number of carboxylic acids is 1. The van der Waals surface area contributed by atoms with Crippen LogP contribution in [0.15, 0.2) is 47.1 Å². The van der Waals surface area contributed by atoms with E-state index in [9.17, 15) is 9.59 Å². The molecule has 0 atom stereocenters. The number of hydrogen-bond acceptors (Lipinski definition) is 3. The van der Waals surface area contributed by atoms with Gasteiger partial charge in [0.05, 0.1) is 5.56 Å². The minimum atomic E-state index is -1.12. The average molecular weight is 370 g/mol. The summed E-state index contributed by atoms with van der Waals surface area (Å²) >= 11 is 9.14. The van der Waals surface area contributed by atoms with Crippen molar-refractivity contribution in [3.8, 4) is 0 Å². The Morgan fingerprint density at radius 2 is 1.95 bits per heavy atom. The van der Waals surface area contributed by atoms with Gasteiger partial charge >= 0.3 is 5.97 Å². The van der Waals surface area contributed by atoms with Gasteiger partial charge in [-0.25, -0.2) is 4.98 Å². The minimum absolute atomic E-state index is 0.0227. The number of carboxylic acid groups (broad SMARTS) is 1. The van der Waals surface area contributed by atoms with Crippen LogP contribution in [0.2, 0.25) is 5.15 Å². The average Bonchev–Trinajstić information content (AvgIpc) is 2.47. The van der Waals surface area contributed by atoms with Gasteiger partial charge in [-0.15, -0.1) is 0 Å². The van der Waals surface area contributed by atoms with Crippen LogP contribution in [0.1, 0.15) is 10.4 Å². The summed E-state index contributed by atoms with van der Waals surface area (Å²) in [5, 5.41) is 9.04. The van der Waals surface area contributed by atoms with Crippen LogP contribution < -0.4 is 4.90 Å². The minimum Gasteiger partial charge on any atom is -0.480 e. The summed E-state index contributed by atoms with van der Waals surface area (Å²) in [5.41, 5.74) is 0.608. The van der Waals surface area contributed by atoms with Gasteiger partial charge in [0.2, 0.25) is 0 Å². The number of halogens is 2. The molecule has 0 saturated carbocycles. The van der Waals surface area contributed by atoms with Gasteiger partial charge in [-0.1, -0.05) is 29.8 Å². The van der Waals surface area contributed by atoms with Crippen molar-refractivity contribution in [3.05, 3.63) is 57.8 Å². The number of rotatable bonds is 4. The summed E-state index contributed by atoms with van der Waals surface area (Å²) in [6.07, 6.45) is 1.46. The van der Waals surface area contributed by atoms with Crippen LogP contribution in [0.4, 0.5) is 5.69 Å². The van der Waals surface area contributed by atoms with Crippen LogP contribution in [-0.2, 0) is 4.79 Å². The molecule has 0 saturated heterocycles. The lowest BCUT2D eigenvalue weighted by Crippen LogP contribution is -2.36. The Morgan fingerprint density at radius 1 is 1.29 bits per heavy atom. The Hall–Kier alpha value is -1.92. The van der Waals surface area contributed by atoms with Gasteiger partial charge in [0.25, 0.3) is 5.91 Å². The fourth-order valence-electron chi connectivity index (χ4n) is 1.74. The maximum absolute atomic E-state index is 12.6. The van der Waals surface area contributed by atoms with Crippen LogP contribution in [0.3, 0.4) is 0 Å². The lowest BCUT2D eigenvalue weighted by molar-refractivity contribution is -0.135. The molecule has 0 bridgehead atoms. The molecule has 1 aromatic heterocycles. The molecule has 1 aromatic carbocycles.